The van der Waals surface area contributed by atoms with Crippen molar-refractivity contribution < 1.29 is 28.0 Å². The van der Waals surface area contributed by atoms with Gasteiger partial charge in [-0.15, -0.1) is 0 Å². The third-order valence-electron chi connectivity index (χ3n) is 5.00. The van der Waals surface area contributed by atoms with Crippen LogP contribution in [0.1, 0.15) is 61.0 Å². The molecule has 30 heavy (non-hydrogen) atoms. The number of hydrogen-bond donors (Lipinski definition) is 1. The molecule has 1 N–H and O–H groups in total. The van der Waals surface area contributed by atoms with E-state index in [0.717, 1.165) is 0 Å². The lowest BCUT2D eigenvalue weighted by molar-refractivity contribution is 0.00578. The molecule has 166 valence electrons. The van der Waals surface area contributed by atoms with Gasteiger partial charge in [-0.1, -0.05) is 6.08 Å². The zero-order valence-corrected chi connectivity index (χ0v) is 19.2. The maximum absolute atomic E-state index is 13.9. The number of rotatable bonds is 6. The number of carbonyl (C=O) groups excluding carboxylic acids is 1. The predicted octanol–water partition coefficient (Wildman–Crippen LogP) is 4.76. The Bertz CT molecular complexity index is 785. The lowest BCUT2D eigenvalue weighted by Gasteiger charge is -2.32. The van der Waals surface area contributed by atoms with Crippen LogP contribution in [0.5, 0.6) is 5.75 Å². The highest BCUT2D eigenvalue weighted by molar-refractivity contribution is 6.56. The van der Waals surface area contributed by atoms with Crippen molar-refractivity contribution in [3.8, 4) is 5.75 Å². The first kappa shape index (κ1) is 24.2. The van der Waals surface area contributed by atoms with Crippen molar-refractivity contribution in [3.63, 3.8) is 0 Å². The largest absolute Gasteiger partial charge is 0.493 e. The van der Waals surface area contributed by atoms with Gasteiger partial charge in [-0.05, 0) is 79.1 Å². The molecule has 1 aromatic rings. The van der Waals surface area contributed by atoms with Crippen molar-refractivity contribution in [3.05, 3.63) is 35.1 Å². The van der Waals surface area contributed by atoms with E-state index in [1.54, 1.807) is 32.9 Å². The molecule has 1 aliphatic heterocycles. The third kappa shape index (κ3) is 6.22. The second-order valence-corrected chi connectivity index (χ2v) is 9.28. The molecule has 0 aromatic heterocycles. The summed E-state index contributed by atoms with van der Waals surface area (Å²) in [5, 5.41) is 2.73. The summed E-state index contributed by atoms with van der Waals surface area (Å²) >= 11 is 0. The fraction of sp³-hybridized carbons (Fsp3) is 0.591. The number of carbonyl (C=O) groups is 1. The van der Waals surface area contributed by atoms with Crippen LogP contribution in [0.4, 0.5) is 9.18 Å². The first-order chi connectivity index (χ1) is 13.7. The molecular formula is C22H33BFNO5. The topological polar surface area (TPSA) is 66.0 Å². The van der Waals surface area contributed by atoms with Crippen LogP contribution in [0.15, 0.2) is 23.7 Å². The lowest BCUT2D eigenvalue weighted by Crippen LogP contribution is -2.41. The van der Waals surface area contributed by atoms with Gasteiger partial charge in [-0.2, -0.15) is 0 Å². The number of nitrogens with one attached hydrogen (secondary N) is 1. The van der Waals surface area contributed by atoms with Gasteiger partial charge in [-0.25, -0.2) is 9.18 Å². The predicted molar refractivity (Wildman–Crippen MR) is 116 cm³/mol. The Kier molecular flexibility index (Phi) is 7.25. The molecule has 1 heterocycles. The molecular weight excluding hydrogens is 388 g/mol. The maximum atomic E-state index is 13.9. The second kappa shape index (κ2) is 8.98. The van der Waals surface area contributed by atoms with E-state index in [0.29, 0.717) is 23.4 Å². The van der Waals surface area contributed by atoms with Crippen molar-refractivity contribution in [2.45, 2.75) is 72.2 Å². The van der Waals surface area contributed by atoms with Crippen molar-refractivity contribution in [2.24, 2.45) is 0 Å². The summed E-state index contributed by atoms with van der Waals surface area (Å²) < 4.78 is 37.2. The van der Waals surface area contributed by atoms with Crippen molar-refractivity contribution in [2.75, 3.05) is 13.2 Å². The van der Waals surface area contributed by atoms with Crippen LogP contribution in [-0.4, -0.2) is 43.2 Å². The second-order valence-electron chi connectivity index (χ2n) is 9.28. The van der Waals surface area contributed by atoms with E-state index in [9.17, 15) is 9.18 Å². The molecule has 0 unspecified atom stereocenters. The average molecular weight is 421 g/mol. The zero-order chi connectivity index (χ0) is 22.7. The van der Waals surface area contributed by atoms with E-state index in [1.807, 2.05) is 34.6 Å². The van der Waals surface area contributed by atoms with Gasteiger partial charge in [0.05, 0.1) is 17.8 Å². The summed E-state index contributed by atoms with van der Waals surface area (Å²) in [7, 11) is -0.720. The zero-order valence-electron chi connectivity index (χ0n) is 19.2. The number of alkyl carbamates (subject to hydrolysis) is 1. The molecule has 0 atom stereocenters. The van der Waals surface area contributed by atoms with E-state index in [4.69, 9.17) is 18.8 Å². The highest BCUT2D eigenvalue weighted by Gasteiger charge is 2.52. The van der Waals surface area contributed by atoms with E-state index in [2.05, 4.69) is 5.32 Å². The maximum Gasteiger partial charge on any atom is 0.492 e. The summed E-state index contributed by atoms with van der Waals surface area (Å²) in [6.45, 7) is 15.5. The molecule has 0 aliphatic carbocycles. The molecule has 1 fully saturated rings. The highest BCUT2D eigenvalue weighted by Crippen LogP contribution is 2.39. The Morgan fingerprint density at radius 1 is 1.20 bits per heavy atom. The van der Waals surface area contributed by atoms with Crippen LogP contribution in [-0.2, 0) is 14.0 Å². The van der Waals surface area contributed by atoms with Gasteiger partial charge in [0.15, 0.2) is 0 Å². The van der Waals surface area contributed by atoms with Gasteiger partial charge >= 0.3 is 13.2 Å². The third-order valence-corrected chi connectivity index (χ3v) is 5.00. The standard InChI is InChI=1S/C22H33BFNO5/c1-9-27-18-11-10-17(24)13-15(18)12-16(14-25-19(26)28-20(2,3)4)23-29-21(5,6)22(7,8)30-23/h10-13H,9,14H2,1-8H3,(H,25,26). The van der Waals surface area contributed by atoms with Crippen LogP contribution in [0, 0.1) is 5.82 Å². The van der Waals surface area contributed by atoms with E-state index in [1.165, 1.54) is 12.1 Å². The summed E-state index contributed by atoms with van der Waals surface area (Å²) in [5.74, 6) is 0.142. The Morgan fingerprint density at radius 3 is 2.33 bits per heavy atom. The summed E-state index contributed by atoms with van der Waals surface area (Å²) in [6.07, 6.45) is 1.17. The Labute approximate surface area is 179 Å². The Balaban J connectivity index is 2.36. The van der Waals surface area contributed by atoms with Gasteiger partial charge in [0.25, 0.3) is 0 Å². The van der Waals surface area contributed by atoms with Gasteiger partial charge in [-0.3, -0.25) is 0 Å². The number of amides is 1. The molecule has 0 spiro atoms. The monoisotopic (exact) mass is 421 g/mol. The molecule has 2 rings (SSSR count). The van der Waals surface area contributed by atoms with Gasteiger partial charge in [0.2, 0.25) is 0 Å². The minimum atomic E-state index is -0.720. The number of benzene rings is 1. The molecule has 0 radical (unpaired) electrons. The van der Waals surface area contributed by atoms with Crippen LogP contribution in [0.2, 0.25) is 0 Å². The molecule has 6 nitrogen and oxygen atoms in total. The smallest absolute Gasteiger partial charge is 0.492 e. The van der Waals surface area contributed by atoms with Gasteiger partial charge in [0.1, 0.15) is 17.2 Å². The normalized spacial score (nSPS) is 18.3. The Hall–Kier alpha value is -2.06. The molecule has 0 saturated carbocycles. The van der Waals surface area contributed by atoms with Gasteiger partial charge in [0, 0.05) is 12.1 Å². The van der Waals surface area contributed by atoms with Crippen LogP contribution in [0.3, 0.4) is 0 Å². The van der Waals surface area contributed by atoms with E-state index >= 15 is 0 Å². The molecule has 1 amide bonds. The quantitative estimate of drug-likeness (QED) is 0.671. The molecule has 1 saturated heterocycles. The van der Waals surface area contributed by atoms with Crippen molar-refractivity contribution in [1.29, 1.82) is 0 Å². The summed E-state index contributed by atoms with van der Waals surface area (Å²) in [4.78, 5) is 12.2. The summed E-state index contributed by atoms with van der Waals surface area (Å²) in [6, 6.07) is 4.30. The van der Waals surface area contributed by atoms with E-state index < -0.39 is 35.8 Å². The Morgan fingerprint density at radius 2 is 1.80 bits per heavy atom. The number of halogens is 1. The minimum Gasteiger partial charge on any atom is -0.493 e. The van der Waals surface area contributed by atoms with Crippen LogP contribution in [0.25, 0.3) is 6.08 Å². The summed E-state index contributed by atoms with van der Waals surface area (Å²) in [5.41, 5.74) is -0.595. The molecule has 0 bridgehead atoms. The van der Waals surface area contributed by atoms with Crippen LogP contribution >= 0.6 is 0 Å². The van der Waals surface area contributed by atoms with Gasteiger partial charge < -0.3 is 24.1 Å². The first-order valence-corrected chi connectivity index (χ1v) is 10.2. The van der Waals surface area contributed by atoms with Crippen molar-refractivity contribution in [1.82, 2.24) is 5.32 Å². The first-order valence-electron chi connectivity index (χ1n) is 10.2. The lowest BCUT2D eigenvalue weighted by atomic mass is 9.77. The minimum absolute atomic E-state index is 0.105. The fourth-order valence-corrected chi connectivity index (χ4v) is 2.80. The molecule has 1 aromatic carbocycles. The molecule has 1 aliphatic rings. The average Bonchev–Trinajstić information content (AvgIpc) is 2.80. The number of hydrogen-bond acceptors (Lipinski definition) is 5. The van der Waals surface area contributed by atoms with E-state index in [-0.39, 0.29) is 6.54 Å². The number of ether oxygens (including phenoxy) is 2. The molecule has 8 heteroatoms. The SMILES string of the molecule is CCOc1ccc(F)cc1C=C(CNC(=O)OC(C)(C)C)B1OC(C)(C)C(C)(C)O1. The highest BCUT2D eigenvalue weighted by atomic mass is 19.1. The van der Waals surface area contributed by atoms with Crippen LogP contribution < -0.4 is 10.1 Å². The van der Waals surface area contributed by atoms with Crippen molar-refractivity contribution >= 4 is 19.3 Å². The fourth-order valence-electron chi connectivity index (χ4n) is 2.80.